The number of benzene rings is 8. The number of rotatable bonds is 6. The number of hydrogen-bond donors (Lipinski definition) is 0. The van der Waals surface area contributed by atoms with Gasteiger partial charge >= 0.3 is 0 Å². The molecule has 5 heteroatoms. The fourth-order valence-corrected chi connectivity index (χ4v) is 7.79. The van der Waals surface area contributed by atoms with Gasteiger partial charge in [0.1, 0.15) is 22.3 Å². The molecule has 56 heavy (non-hydrogen) atoms. The van der Waals surface area contributed by atoms with Gasteiger partial charge in [0, 0.05) is 38.2 Å². The summed E-state index contributed by atoms with van der Waals surface area (Å²) >= 11 is 0. The maximum absolute atomic E-state index is 6.48. The van der Waals surface area contributed by atoms with Crippen LogP contribution in [0.3, 0.4) is 0 Å². The van der Waals surface area contributed by atoms with Gasteiger partial charge in [-0.2, -0.15) is 0 Å². The molecule has 0 unspecified atom stereocenters. The third-order valence-electron chi connectivity index (χ3n) is 10.5. The summed E-state index contributed by atoms with van der Waals surface area (Å²) in [4.78, 5) is 15.3. The molecule has 11 rings (SSSR count). The molecule has 0 spiro atoms. The van der Waals surface area contributed by atoms with Gasteiger partial charge < -0.3 is 8.83 Å². The molecule has 262 valence electrons. The van der Waals surface area contributed by atoms with Crippen molar-refractivity contribution in [3.8, 4) is 67.5 Å². The lowest BCUT2D eigenvalue weighted by molar-refractivity contribution is 0.668. The molecule has 0 saturated heterocycles. The van der Waals surface area contributed by atoms with Gasteiger partial charge in [-0.05, 0) is 81.9 Å². The monoisotopic (exact) mass is 717 g/mol. The highest BCUT2D eigenvalue weighted by atomic mass is 16.3. The van der Waals surface area contributed by atoms with Gasteiger partial charge in [-0.15, -0.1) is 0 Å². The van der Waals surface area contributed by atoms with Gasteiger partial charge in [-0.25, -0.2) is 15.0 Å². The lowest BCUT2D eigenvalue weighted by Crippen LogP contribution is -2.00. The number of nitrogens with zero attached hydrogens (tertiary/aromatic N) is 3. The predicted octanol–water partition coefficient (Wildman–Crippen LogP) is 13.7. The average molecular weight is 718 g/mol. The fourth-order valence-electron chi connectivity index (χ4n) is 7.79. The van der Waals surface area contributed by atoms with E-state index in [2.05, 4.69) is 115 Å². The molecule has 0 atom stereocenters. The predicted molar refractivity (Wildman–Crippen MR) is 227 cm³/mol. The molecule has 0 amide bonds. The van der Waals surface area contributed by atoms with E-state index in [1.165, 1.54) is 16.7 Å². The average Bonchev–Trinajstić information content (AvgIpc) is 3.85. The number of para-hydroxylation sites is 1. The van der Waals surface area contributed by atoms with Crippen molar-refractivity contribution in [2.24, 2.45) is 0 Å². The molecule has 0 fully saturated rings. The van der Waals surface area contributed by atoms with Gasteiger partial charge in [0.2, 0.25) is 0 Å². The number of furan rings is 2. The summed E-state index contributed by atoms with van der Waals surface area (Å²) in [5.74, 6) is 1.72. The van der Waals surface area contributed by atoms with Crippen molar-refractivity contribution in [1.29, 1.82) is 0 Å². The van der Waals surface area contributed by atoms with Crippen LogP contribution in [0.2, 0.25) is 0 Å². The lowest BCUT2D eigenvalue weighted by Gasteiger charge is -2.10. The van der Waals surface area contributed by atoms with E-state index < -0.39 is 0 Å². The standard InChI is InChI=1S/C51H31N3O2/c1-3-12-32(13-4-1)34-16-9-17-35(28-34)36-18-10-19-37(29-36)38-25-27-45-43(30-38)48-42(21-11-23-46(48)55-45)51-53-49(33-14-5-2-6-15-33)52-50(54-51)39-24-26-41-40-20-7-8-22-44(40)56-47(41)31-39/h1-31H. The van der Waals surface area contributed by atoms with Gasteiger partial charge in [0.05, 0.1) is 0 Å². The number of aromatic nitrogens is 3. The van der Waals surface area contributed by atoms with Gasteiger partial charge in [-0.3, -0.25) is 0 Å². The van der Waals surface area contributed by atoms with Crippen LogP contribution in [0, 0.1) is 0 Å². The van der Waals surface area contributed by atoms with Crippen molar-refractivity contribution < 1.29 is 8.83 Å². The summed E-state index contributed by atoms with van der Waals surface area (Å²) in [6, 6.07) is 64.8. The van der Waals surface area contributed by atoms with E-state index in [0.717, 1.165) is 77.3 Å². The molecule has 3 heterocycles. The summed E-state index contributed by atoms with van der Waals surface area (Å²) in [6.07, 6.45) is 0. The van der Waals surface area contributed by atoms with Crippen LogP contribution in [0.5, 0.6) is 0 Å². The van der Waals surface area contributed by atoms with Crippen LogP contribution in [-0.4, -0.2) is 15.0 Å². The van der Waals surface area contributed by atoms with Crippen molar-refractivity contribution >= 4 is 43.9 Å². The molecule has 0 aliphatic carbocycles. The third-order valence-corrected chi connectivity index (χ3v) is 10.5. The van der Waals surface area contributed by atoms with Crippen LogP contribution >= 0.6 is 0 Å². The van der Waals surface area contributed by atoms with Crippen LogP contribution < -0.4 is 0 Å². The van der Waals surface area contributed by atoms with E-state index in [-0.39, 0.29) is 0 Å². The first-order valence-electron chi connectivity index (χ1n) is 18.7. The Balaban J connectivity index is 1.04. The second-order valence-corrected chi connectivity index (χ2v) is 14.0. The van der Waals surface area contributed by atoms with E-state index in [0.29, 0.717) is 17.5 Å². The van der Waals surface area contributed by atoms with E-state index >= 15 is 0 Å². The molecular formula is C51H31N3O2. The number of fused-ring (bicyclic) bond motifs is 6. The van der Waals surface area contributed by atoms with Crippen LogP contribution in [0.25, 0.3) is 111 Å². The van der Waals surface area contributed by atoms with Gasteiger partial charge in [0.15, 0.2) is 17.5 Å². The first-order valence-corrected chi connectivity index (χ1v) is 18.7. The minimum Gasteiger partial charge on any atom is -0.456 e. The molecule has 11 aromatic rings. The summed E-state index contributed by atoms with van der Waals surface area (Å²) in [7, 11) is 0. The lowest BCUT2D eigenvalue weighted by atomic mass is 9.95. The minimum atomic E-state index is 0.565. The summed E-state index contributed by atoms with van der Waals surface area (Å²) < 4.78 is 12.7. The van der Waals surface area contributed by atoms with Crippen molar-refractivity contribution in [2.75, 3.05) is 0 Å². The number of hydrogen-bond acceptors (Lipinski definition) is 5. The van der Waals surface area contributed by atoms with E-state index in [1.807, 2.05) is 72.8 Å². The topological polar surface area (TPSA) is 65.0 Å². The van der Waals surface area contributed by atoms with E-state index in [1.54, 1.807) is 0 Å². The second kappa shape index (κ2) is 13.0. The Kier molecular flexibility index (Phi) is 7.42. The first kappa shape index (κ1) is 31.9. The quantitative estimate of drug-likeness (QED) is 0.171. The van der Waals surface area contributed by atoms with Crippen molar-refractivity contribution in [3.63, 3.8) is 0 Å². The molecule has 0 aliphatic heterocycles. The third kappa shape index (κ3) is 5.53. The Bertz CT molecular complexity index is 3250. The molecular weight excluding hydrogens is 687 g/mol. The summed E-state index contributed by atoms with van der Waals surface area (Å²) in [5, 5.41) is 4.09. The molecule has 0 bridgehead atoms. The zero-order valence-electron chi connectivity index (χ0n) is 30.1. The van der Waals surface area contributed by atoms with Crippen LogP contribution in [-0.2, 0) is 0 Å². The van der Waals surface area contributed by atoms with Gasteiger partial charge in [-0.1, -0.05) is 140 Å². The van der Waals surface area contributed by atoms with E-state index in [4.69, 9.17) is 23.8 Å². The molecule has 0 N–H and O–H groups in total. The zero-order chi connectivity index (χ0) is 37.0. The highest BCUT2D eigenvalue weighted by Gasteiger charge is 2.19. The molecule has 5 nitrogen and oxygen atoms in total. The van der Waals surface area contributed by atoms with Crippen molar-refractivity contribution in [1.82, 2.24) is 15.0 Å². The van der Waals surface area contributed by atoms with Crippen LogP contribution in [0.1, 0.15) is 0 Å². The normalized spacial score (nSPS) is 11.6. The fraction of sp³-hybridized carbons (Fsp3) is 0. The molecule has 8 aromatic carbocycles. The second-order valence-electron chi connectivity index (χ2n) is 14.0. The first-order chi connectivity index (χ1) is 27.7. The Morgan fingerprint density at radius 1 is 0.268 bits per heavy atom. The Labute approximate surface area is 322 Å². The Morgan fingerprint density at radius 2 is 0.768 bits per heavy atom. The SMILES string of the molecule is c1ccc(-c2cccc(-c3cccc(-c4ccc5oc6cccc(-c7nc(-c8ccccc8)nc(-c8ccc9c(c8)oc8ccccc89)n7)c6c5c4)c3)c2)cc1. The Morgan fingerprint density at radius 3 is 1.52 bits per heavy atom. The van der Waals surface area contributed by atoms with Crippen LogP contribution in [0.4, 0.5) is 0 Å². The smallest absolute Gasteiger partial charge is 0.164 e. The summed E-state index contributed by atoms with van der Waals surface area (Å²) in [6.45, 7) is 0. The maximum Gasteiger partial charge on any atom is 0.164 e. The van der Waals surface area contributed by atoms with E-state index in [9.17, 15) is 0 Å². The molecule has 0 saturated carbocycles. The van der Waals surface area contributed by atoms with Crippen molar-refractivity contribution in [2.45, 2.75) is 0 Å². The Hall–Kier alpha value is -7.63. The largest absolute Gasteiger partial charge is 0.456 e. The summed E-state index contributed by atoms with van der Waals surface area (Å²) in [5.41, 5.74) is 12.8. The van der Waals surface area contributed by atoms with Crippen molar-refractivity contribution in [3.05, 3.63) is 188 Å². The maximum atomic E-state index is 6.48. The molecule has 3 aromatic heterocycles. The minimum absolute atomic E-state index is 0.565. The highest BCUT2D eigenvalue weighted by molar-refractivity contribution is 6.13. The zero-order valence-corrected chi connectivity index (χ0v) is 30.1. The molecule has 0 radical (unpaired) electrons. The van der Waals surface area contributed by atoms with Crippen LogP contribution in [0.15, 0.2) is 197 Å². The highest BCUT2D eigenvalue weighted by Crippen LogP contribution is 2.40. The molecule has 0 aliphatic rings. The van der Waals surface area contributed by atoms with Gasteiger partial charge in [0.25, 0.3) is 0 Å².